The highest BCUT2D eigenvalue weighted by Crippen LogP contribution is 2.24. The zero-order chi connectivity index (χ0) is 23.9. The summed E-state index contributed by atoms with van der Waals surface area (Å²) in [5.41, 5.74) is 0. The van der Waals surface area contributed by atoms with E-state index in [2.05, 4.69) is 5.32 Å². The number of carbonyl (C=O) groups is 2. The molecule has 0 radical (unpaired) electrons. The number of hydrogen-bond donors (Lipinski definition) is 9. The van der Waals surface area contributed by atoms with E-state index in [4.69, 9.17) is 9.47 Å². The first-order valence-corrected chi connectivity index (χ1v) is 9.86. The van der Waals surface area contributed by atoms with Gasteiger partial charge in [0.2, 0.25) is 0 Å². The number of carboxylic acid groups (broad SMARTS) is 1. The van der Waals surface area contributed by atoms with Crippen LogP contribution in [0.15, 0.2) is 0 Å². The number of ketones is 1. The maximum Gasteiger partial charge on any atom is 0.320 e. The second-order valence-corrected chi connectivity index (χ2v) is 7.86. The van der Waals surface area contributed by atoms with E-state index in [-0.39, 0.29) is 12.3 Å². The van der Waals surface area contributed by atoms with Gasteiger partial charge in [0.1, 0.15) is 48.8 Å². The van der Waals surface area contributed by atoms with Crippen LogP contribution >= 0.6 is 0 Å². The quantitative estimate of drug-likeness (QED) is 0.128. The third-order valence-electron chi connectivity index (χ3n) is 4.87. The topological polar surface area (TPSA) is 226 Å². The second-order valence-electron chi connectivity index (χ2n) is 7.86. The summed E-state index contributed by atoms with van der Waals surface area (Å²) in [6, 6.07) is -1.07. The van der Waals surface area contributed by atoms with Crippen molar-refractivity contribution in [1.82, 2.24) is 5.32 Å². The Kier molecular flexibility index (Phi) is 11.4. The number of nitrogens with one attached hydrogen (secondary N) is 1. The monoisotopic (exact) mass is 455 g/mol. The molecule has 1 fully saturated rings. The van der Waals surface area contributed by atoms with Crippen LogP contribution in [-0.4, -0.2) is 127 Å². The van der Waals surface area contributed by atoms with Crippen LogP contribution in [0.1, 0.15) is 20.3 Å². The van der Waals surface area contributed by atoms with E-state index < -0.39 is 86.6 Å². The maximum atomic E-state index is 12.4. The molecule has 1 saturated heterocycles. The Morgan fingerprint density at radius 1 is 1.06 bits per heavy atom. The molecule has 0 aromatic heterocycles. The number of aliphatic carboxylic acids is 1. The van der Waals surface area contributed by atoms with Crippen LogP contribution in [0.2, 0.25) is 0 Å². The molecular weight excluding hydrogens is 422 g/mol. The molecule has 9 N–H and O–H groups in total. The molecule has 13 nitrogen and oxygen atoms in total. The van der Waals surface area contributed by atoms with Crippen molar-refractivity contribution in [3.8, 4) is 0 Å². The van der Waals surface area contributed by atoms with Crippen molar-refractivity contribution in [2.24, 2.45) is 5.92 Å². The summed E-state index contributed by atoms with van der Waals surface area (Å²) < 4.78 is 10.3. The minimum atomic E-state index is -2.07. The summed E-state index contributed by atoms with van der Waals surface area (Å²) in [4.78, 5) is 23.6. The Balaban J connectivity index is 2.88. The van der Waals surface area contributed by atoms with Crippen LogP contribution in [0.5, 0.6) is 0 Å². The largest absolute Gasteiger partial charge is 0.480 e. The van der Waals surface area contributed by atoms with Crippen molar-refractivity contribution in [1.29, 1.82) is 0 Å². The Labute approximate surface area is 178 Å². The average molecular weight is 455 g/mol. The van der Waals surface area contributed by atoms with Gasteiger partial charge >= 0.3 is 5.97 Å². The van der Waals surface area contributed by atoms with Gasteiger partial charge in [-0.1, -0.05) is 13.8 Å². The first-order valence-electron chi connectivity index (χ1n) is 9.86. The van der Waals surface area contributed by atoms with E-state index >= 15 is 0 Å². The Morgan fingerprint density at radius 2 is 1.68 bits per heavy atom. The number of Topliss-reactive ketones (excluding diaryl/α,β-unsaturated/α-hetero) is 1. The Morgan fingerprint density at radius 3 is 2.16 bits per heavy atom. The fourth-order valence-corrected chi connectivity index (χ4v) is 3.07. The smallest absolute Gasteiger partial charge is 0.320 e. The highest BCUT2D eigenvalue weighted by Gasteiger charge is 2.46. The standard InChI is InChI=1S/C18H33NO12/c1-7(2)3-8(17(28)29)19-4-9(22)12(24)16(10(23)5-20)31-18-15(27)14(26)13(25)11(6-21)30-18/h7-8,10-16,18-21,23-27H,3-6H2,1-2H3,(H,28,29)/t8-,10+,11+,12+,13-,14-,15+,16+,18-/m0/s1. The number of aliphatic hydroxyl groups excluding tert-OH is 7. The van der Waals surface area contributed by atoms with E-state index in [1.807, 2.05) is 0 Å². The summed E-state index contributed by atoms with van der Waals surface area (Å²) in [6.07, 6.45) is -14.0. The molecule has 1 rings (SSSR count). The lowest BCUT2D eigenvalue weighted by atomic mass is 9.98. The molecule has 0 bridgehead atoms. The molecule has 0 saturated carbocycles. The zero-order valence-electron chi connectivity index (χ0n) is 17.3. The highest BCUT2D eigenvalue weighted by molar-refractivity contribution is 5.86. The molecule has 0 aromatic rings. The summed E-state index contributed by atoms with van der Waals surface area (Å²) in [5, 5.41) is 80.1. The second kappa shape index (κ2) is 12.7. The Bertz CT molecular complexity index is 574. The predicted octanol–water partition coefficient (Wildman–Crippen LogP) is -4.46. The minimum Gasteiger partial charge on any atom is -0.480 e. The molecule has 0 aliphatic carbocycles. The molecule has 13 heteroatoms. The van der Waals surface area contributed by atoms with Gasteiger partial charge in [0, 0.05) is 0 Å². The van der Waals surface area contributed by atoms with Crippen LogP contribution in [0.25, 0.3) is 0 Å². The molecule has 0 aromatic carbocycles. The van der Waals surface area contributed by atoms with Crippen LogP contribution < -0.4 is 5.32 Å². The lowest BCUT2D eigenvalue weighted by Crippen LogP contribution is -2.61. The summed E-state index contributed by atoms with van der Waals surface area (Å²) in [6.45, 7) is 1.27. The summed E-state index contributed by atoms with van der Waals surface area (Å²) in [5.74, 6) is -2.16. The molecule has 0 amide bonds. The summed E-state index contributed by atoms with van der Waals surface area (Å²) in [7, 11) is 0. The third-order valence-corrected chi connectivity index (χ3v) is 4.87. The number of hydrogen-bond acceptors (Lipinski definition) is 12. The molecule has 0 spiro atoms. The Hall–Kier alpha value is -1.26. The van der Waals surface area contributed by atoms with Gasteiger partial charge in [-0.2, -0.15) is 0 Å². The van der Waals surface area contributed by atoms with Gasteiger partial charge in [0.15, 0.2) is 12.1 Å². The van der Waals surface area contributed by atoms with E-state index in [0.29, 0.717) is 0 Å². The van der Waals surface area contributed by atoms with Gasteiger partial charge in [-0.15, -0.1) is 0 Å². The number of aliphatic hydroxyl groups is 7. The van der Waals surface area contributed by atoms with Gasteiger partial charge in [-0.05, 0) is 12.3 Å². The van der Waals surface area contributed by atoms with E-state index in [1.54, 1.807) is 13.8 Å². The molecule has 1 aliphatic heterocycles. The SMILES string of the molecule is CC(C)C[C@H](NCC(=O)[C@@H](O)[C@H](O[C@@H]1O[C@H](CO)[C@H](O)[C@H](O)[C@H]1O)[C@H](O)CO)C(=O)O. The highest BCUT2D eigenvalue weighted by atomic mass is 16.7. The van der Waals surface area contributed by atoms with Gasteiger partial charge < -0.3 is 50.3 Å². The fraction of sp³-hybridized carbons (Fsp3) is 0.889. The van der Waals surface area contributed by atoms with Crippen molar-refractivity contribution in [2.45, 2.75) is 75.3 Å². The molecule has 1 aliphatic rings. The number of ether oxygens (including phenoxy) is 2. The molecule has 1 heterocycles. The number of carboxylic acids is 1. The number of rotatable bonds is 13. The van der Waals surface area contributed by atoms with Gasteiger partial charge in [0.05, 0.1) is 19.8 Å². The lowest BCUT2D eigenvalue weighted by Gasteiger charge is -2.41. The summed E-state index contributed by atoms with van der Waals surface area (Å²) >= 11 is 0. The normalized spacial score (nSPS) is 30.6. The van der Waals surface area contributed by atoms with E-state index in [9.17, 15) is 50.4 Å². The van der Waals surface area contributed by atoms with E-state index in [1.165, 1.54) is 0 Å². The van der Waals surface area contributed by atoms with Crippen molar-refractivity contribution in [2.75, 3.05) is 19.8 Å². The van der Waals surface area contributed by atoms with Crippen LogP contribution in [0.4, 0.5) is 0 Å². The molecule has 0 unspecified atom stereocenters. The fourth-order valence-electron chi connectivity index (χ4n) is 3.07. The lowest BCUT2D eigenvalue weighted by molar-refractivity contribution is -0.323. The first-order chi connectivity index (χ1) is 14.4. The van der Waals surface area contributed by atoms with Crippen molar-refractivity contribution >= 4 is 11.8 Å². The van der Waals surface area contributed by atoms with Gasteiger partial charge in [0.25, 0.3) is 0 Å². The van der Waals surface area contributed by atoms with E-state index in [0.717, 1.165) is 0 Å². The average Bonchev–Trinajstić information content (AvgIpc) is 2.72. The first kappa shape index (κ1) is 27.8. The van der Waals surface area contributed by atoms with Crippen LogP contribution in [-0.2, 0) is 19.1 Å². The van der Waals surface area contributed by atoms with Crippen LogP contribution in [0, 0.1) is 5.92 Å². The third kappa shape index (κ3) is 7.68. The van der Waals surface area contributed by atoms with Gasteiger partial charge in [-0.25, -0.2) is 0 Å². The molecule has 9 atom stereocenters. The predicted molar refractivity (Wildman–Crippen MR) is 102 cm³/mol. The van der Waals surface area contributed by atoms with Gasteiger partial charge in [-0.3, -0.25) is 14.9 Å². The maximum absolute atomic E-state index is 12.4. The van der Waals surface area contributed by atoms with Crippen molar-refractivity contribution in [3.63, 3.8) is 0 Å². The molecular formula is C18H33NO12. The van der Waals surface area contributed by atoms with Crippen LogP contribution in [0.3, 0.4) is 0 Å². The van der Waals surface area contributed by atoms with Crippen molar-refractivity contribution < 1.29 is 59.9 Å². The zero-order valence-corrected chi connectivity index (χ0v) is 17.3. The molecule has 182 valence electrons. The molecule has 31 heavy (non-hydrogen) atoms. The number of carbonyl (C=O) groups excluding carboxylic acids is 1. The van der Waals surface area contributed by atoms with Crippen molar-refractivity contribution in [3.05, 3.63) is 0 Å². The minimum absolute atomic E-state index is 0.00658.